The van der Waals surface area contributed by atoms with Crippen LogP contribution >= 0.6 is 0 Å². The van der Waals surface area contributed by atoms with E-state index in [-0.39, 0.29) is 5.41 Å². The third kappa shape index (κ3) is 3.38. The summed E-state index contributed by atoms with van der Waals surface area (Å²) in [7, 11) is 2.11. The SMILES string of the molecule is C=CCN(C)CC(C)(C)c1ccc(N)cc1. The molecule has 1 aromatic rings. The smallest absolute Gasteiger partial charge is 0.0314 e. The van der Waals surface area contributed by atoms with Crippen molar-refractivity contribution in [1.82, 2.24) is 4.90 Å². The molecule has 0 amide bonds. The molecule has 0 aliphatic heterocycles. The highest BCUT2D eigenvalue weighted by molar-refractivity contribution is 5.41. The zero-order valence-electron chi connectivity index (χ0n) is 10.5. The highest BCUT2D eigenvalue weighted by Crippen LogP contribution is 2.24. The lowest BCUT2D eigenvalue weighted by Crippen LogP contribution is -2.34. The van der Waals surface area contributed by atoms with Crippen LogP contribution in [0.3, 0.4) is 0 Å². The summed E-state index contributed by atoms with van der Waals surface area (Å²) in [4.78, 5) is 2.27. The van der Waals surface area contributed by atoms with Gasteiger partial charge < -0.3 is 10.6 Å². The summed E-state index contributed by atoms with van der Waals surface area (Å²) in [5.41, 5.74) is 7.96. The molecule has 0 spiro atoms. The van der Waals surface area contributed by atoms with E-state index in [0.717, 1.165) is 18.8 Å². The number of rotatable bonds is 5. The number of hydrogen-bond acceptors (Lipinski definition) is 2. The topological polar surface area (TPSA) is 29.3 Å². The van der Waals surface area contributed by atoms with Crippen molar-refractivity contribution < 1.29 is 0 Å². The molecule has 0 aliphatic rings. The fourth-order valence-electron chi connectivity index (χ4n) is 1.99. The van der Waals surface area contributed by atoms with Gasteiger partial charge in [-0.15, -0.1) is 6.58 Å². The zero-order chi connectivity index (χ0) is 12.2. The minimum absolute atomic E-state index is 0.130. The van der Waals surface area contributed by atoms with E-state index in [1.54, 1.807) is 0 Å². The van der Waals surface area contributed by atoms with Crippen molar-refractivity contribution in [3.63, 3.8) is 0 Å². The average Bonchev–Trinajstić information content (AvgIpc) is 2.17. The van der Waals surface area contributed by atoms with Crippen LogP contribution in [0.2, 0.25) is 0 Å². The molecule has 0 bridgehead atoms. The summed E-state index contributed by atoms with van der Waals surface area (Å²) in [6.07, 6.45) is 1.93. The molecule has 1 aromatic carbocycles. The van der Waals surface area contributed by atoms with Crippen LogP contribution in [0.1, 0.15) is 19.4 Å². The molecule has 0 aliphatic carbocycles. The van der Waals surface area contributed by atoms with Crippen LogP contribution in [-0.4, -0.2) is 25.0 Å². The van der Waals surface area contributed by atoms with Crippen molar-refractivity contribution in [3.05, 3.63) is 42.5 Å². The normalized spacial score (nSPS) is 11.8. The van der Waals surface area contributed by atoms with E-state index in [1.165, 1.54) is 5.56 Å². The van der Waals surface area contributed by atoms with Crippen molar-refractivity contribution in [2.75, 3.05) is 25.9 Å². The Morgan fingerprint density at radius 3 is 2.38 bits per heavy atom. The van der Waals surface area contributed by atoms with E-state index in [9.17, 15) is 0 Å². The number of nitrogen functional groups attached to an aromatic ring is 1. The maximum Gasteiger partial charge on any atom is 0.0314 e. The summed E-state index contributed by atoms with van der Waals surface area (Å²) in [5, 5.41) is 0. The monoisotopic (exact) mass is 218 g/mol. The van der Waals surface area contributed by atoms with Gasteiger partial charge in [-0.1, -0.05) is 32.1 Å². The van der Waals surface area contributed by atoms with Crippen LogP contribution in [-0.2, 0) is 5.41 Å². The molecule has 88 valence electrons. The number of hydrogen-bond donors (Lipinski definition) is 1. The molecule has 0 heterocycles. The quantitative estimate of drug-likeness (QED) is 0.608. The van der Waals surface area contributed by atoms with Gasteiger partial charge in [0.05, 0.1) is 0 Å². The maximum atomic E-state index is 5.70. The van der Waals surface area contributed by atoms with Crippen molar-refractivity contribution in [1.29, 1.82) is 0 Å². The van der Waals surface area contributed by atoms with Crippen LogP contribution in [0.15, 0.2) is 36.9 Å². The molecular weight excluding hydrogens is 196 g/mol. The van der Waals surface area contributed by atoms with E-state index in [2.05, 4.69) is 44.5 Å². The first-order valence-electron chi connectivity index (χ1n) is 5.61. The van der Waals surface area contributed by atoms with Gasteiger partial charge in [-0.05, 0) is 24.7 Å². The molecule has 2 heteroatoms. The van der Waals surface area contributed by atoms with Crippen molar-refractivity contribution >= 4 is 5.69 Å². The molecule has 0 atom stereocenters. The van der Waals surface area contributed by atoms with Gasteiger partial charge in [-0.2, -0.15) is 0 Å². The molecule has 0 fully saturated rings. The van der Waals surface area contributed by atoms with E-state index in [0.29, 0.717) is 0 Å². The zero-order valence-corrected chi connectivity index (χ0v) is 10.5. The van der Waals surface area contributed by atoms with E-state index < -0.39 is 0 Å². The summed E-state index contributed by atoms with van der Waals surface area (Å²) in [5.74, 6) is 0. The predicted molar refractivity (Wildman–Crippen MR) is 71.6 cm³/mol. The van der Waals surface area contributed by atoms with Crippen molar-refractivity contribution in [2.24, 2.45) is 0 Å². The second kappa shape index (κ2) is 5.17. The Morgan fingerprint density at radius 2 is 1.88 bits per heavy atom. The Bertz CT molecular complexity index is 338. The van der Waals surface area contributed by atoms with Crippen molar-refractivity contribution in [2.45, 2.75) is 19.3 Å². The molecule has 1 rings (SSSR count). The van der Waals surface area contributed by atoms with Gasteiger partial charge in [0, 0.05) is 24.2 Å². The summed E-state index contributed by atoms with van der Waals surface area (Å²) in [6.45, 7) is 10.2. The van der Waals surface area contributed by atoms with Gasteiger partial charge in [0.25, 0.3) is 0 Å². The highest BCUT2D eigenvalue weighted by atomic mass is 15.1. The molecule has 0 radical (unpaired) electrons. The molecule has 2 N–H and O–H groups in total. The number of nitrogens with zero attached hydrogens (tertiary/aromatic N) is 1. The van der Waals surface area contributed by atoms with E-state index in [4.69, 9.17) is 5.73 Å². The van der Waals surface area contributed by atoms with Crippen LogP contribution in [0.25, 0.3) is 0 Å². The lowest BCUT2D eigenvalue weighted by molar-refractivity contribution is 0.291. The molecule has 0 saturated carbocycles. The lowest BCUT2D eigenvalue weighted by Gasteiger charge is -2.30. The maximum absolute atomic E-state index is 5.70. The second-order valence-corrected chi connectivity index (χ2v) is 4.99. The summed E-state index contributed by atoms with van der Waals surface area (Å²) in [6, 6.07) is 8.14. The Labute approximate surface area is 98.8 Å². The minimum atomic E-state index is 0.130. The van der Waals surface area contributed by atoms with Gasteiger partial charge in [-0.3, -0.25) is 0 Å². The third-order valence-electron chi connectivity index (χ3n) is 2.80. The van der Waals surface area contributed by atoms with Gasteiger partial charge in [0.15, 0.2) is 0 Å². The molecular formula is C14H22N2. The lowest BCUT2D eigenvalue weighted by atomic mass is 9.84. The fourth-order valence-corrected chi connectivity index (χ4v) is 1.99. The van der Waals surface area contributed by atoms with Gasteiger partial charge in [0.1, 0.15) is 0 Å². The minimum Gasteiger partial charge on any atom is -0.399 e. The van der Waals surface area contributed by atoms with E-state index in [1.807, 2.05) is 18.2 Å². The molecule has 2 nitrogen and oxygen atoms in total. The first-order chi connectivity index (χ1) is 7.45. The van der Waals surface area contributed by atoms with Crippen LogP contribution in [0.4, 0.5) is 5.69 Å². The third-order valence-corrected chi connectivity index (χ3v) is 2.80. The van der Waals surface area contributed by atoms with Gasteiger partial charge in [0.2, 0.25) is 0 Å². The van der Waals surface area contributed by atoms with Crippen molar-refractivity contribution in [3.8, 4) is 0 Å². The largest absolute Gasteiger partial charge is 0.399 e. The van der Waals surface area contributed by atoms with Crippen LogP contribution < -0.4 is 5.73 Å². The predicted octanol–water partition coefficient (Wildman–Crippen LogP) is 2.66. The second-order valence-electron chi connectivity index (χ2n) is 4.99. The highest BCUT2D eigenvalue weighted by Gasteiger charge is 2.21. The number of nitrogens with two attached hydrogens (primary N) is 1. The Balaban J connectivity index is 2.76. The summed E-state index contributed by atoms with van der Waals surface area (Å²) >= 11 is 0. The number of anilines is 1. The Hall–Kier alpha value is -1.28. The van der Waals surface area contributed by atoms with E-state index >= 15 is 0 Å². The van der Waals surface area contributed by atoms with Gasteiger partial charge >= 0.3 is 0 Å². The first-order valence-corrected chi connectivity index (χ1v) is 5.61. The molecule has 0 unspecified atom stereocenters. The van der Waals surface area contributed by atoms with Gasteiger partial charge in [-0.25, -0.2) is 0 Å². The molecule has 0 saturated heterocycles. The number of benzene rings is 1. The van der Waals surface area contributed by atoms with Crippen LogP contribution in [0.5, 0.6) is 0 Å². The first kappa shape index (κ1) is 12.8. The average molecular weight is 218 g/mol. The van der Waals surface area contributed by atoms with Crippen LogP contribution in [0, 0.1) is 0 Å². The Morgan fingerprint density at radius 1 is 1.31 bits per heavy atom. The molecule has 16 heavy (non-hydrogen) atoms. The standard InChI is InChI=1S/C14H22N2/c1-5-10-16(4)11-14(2,3)12-6-8-13(15)9-7-12/h5-9H,1,10-11,15H2,2-4H3. The molecule has 0 aromatic heterocycles. The number of likely N-dealkylation sites (N-methyl/N-ethyl adjacent to an activating group) is 1. The summed E-state index contributed by atoms with van der Waals surface area (Å²) < 4.78 is 0. The fraction of sp³-hybridized carbons (Fsp3) is 0.429. The Kier molecular flexibility index (Phi) is 4.13.